The van der Waals surface area contributed by atoms with Crippen molar-refractivity contribution >= 4 is 33.5 Å². The first-order valence-electron chi connectivity index (χ1n) is 23.4. The van der Waals surface area contributed by atoms with E-state index in [1.807, 2.05) is 16.9 Å². The number of aliphatic imine (C=N–C) groups is 1. The van der Waals surface area contributed by atoms with Crippen LogP contribution in [0.15, 0.2) is 17.1 Å². The number of phenolic OH excluding ortho intramolecular Hbond substituents is 1. The van der Waals surface area contributed by atoms with Gasteiger partial charge in [-0.25, -0.2) is 0 Å². The van der Waals surface area contributed by atoms with E-state index in [1.54, 1.807) is 13.0 Å². The van der Waals surface area contributed by atoms with Crippen LogP contribution < -0.4 is 26.4 Å². The molecule has 7 rings (SSSR count). The minimum Gasteiger partial charge on any atom is -0.504 e. The zero-order valence-electron chi connectivity index (χ0n) is 36.7. The molecule has 3 aliphatic heterocycles. The molecule has 61 heavy (non-hydrogen) atoms. The van der Waals surface area contributed by atoms with E-state index in [1.165, 1.54) is 32.6 Å². The number of nitrogens with zero attached hydrogens (tertiary/aromatic N) is 1. The van der Waals surface area contributed by atoms with Gasteiger partial charge in [-0.2, -0.15) is 0 Å². The molecule has 3 spiro atoms. The highest BCUT2D eigenvalue weighted by atomic mass is 33.1. The predicted molar refractivity (Wildman–Crippen MR) is 244 cm³/mol. The summed E-state index contributed by atoms with van der Waals surface area (Å²) in [5.74, 6) is 7.90. The van der Waals surface area contributed by atoms with E-state index in [0.717, 1.165) is 95.2 Å². The van der Waals surface area contributed by atoms with Crippen molar-refractivity contribution in [2.24, 2.45) is 28.0 Å². The Bertz CT molecular complexity index is 1740. The minimum absolute atomic E-state index is 0.0153. The molecule has 1 saturated heterocycles. The molecule has 6 aliphatic rings. The van der Waals surface area contributed by atoms with Crippen molar-refractivity contribution < 1.29 is 34.7 Å². The molecule has 340 valence electrons. The largest absolute Gasteiger partial charge is 0.504 e. The van der Waals surface area contributed by atoms with Crippen molar-refractivity contribution in [2.75, 3.05) is 31.9 Å². The molecule has 3 heterocycles. The Balaban J connectivity index is 1.36. The van der Waals surface area contributed by atoms with E-state index in [-0.39, 0.29) is 59.1 Å². The number of aliphatic hydroxyl groups excluding tert-OH is 3. The average molecular weight is 884 g/mol. The van der Waals surface area contributed by atoms with Crippen molar-refractivity contribution in [2.45, 2.75) is 183 Å². The van der Waals surface area contributed by atoms with E-state index in [2.05, 4.69) is 38.6 Å². The zero-order chi connectivity index (χ0) is 43.1. The van der Waals surface area contributed by atoms with Gasteiger partial charge in [-0.3, -0.25) is 9.79 Å². The summed E-state index contributed by atoms with van der Waals surface area (Å²) in [7, 11) is 4.06. The maximum absolute atomic E-state index is 12.8. The van der Waals surface area contributed by atoms with Crippen LogP contribution in [0, 0.1) is 29.1 Å². The number of rotatable bonds is 3. The SMILES string of the molecule is CC(=O)OC1CC(O)CCC2(C(C)O)C#CC3CCCC4(CNCCSSC5(CCCCC5)C5(CCCCC5)NC(N)=NC2)CC(CCN4)Oc2cc(c(CO)cc2O)CC31. The molecule has 9 N–H and O–H groups in total. The van der Waals surface area contributed by atoms with Crippen molar-refractivity contribution in [3.63, 3.8) is 0 Å². The minimum atomic E-state index is -1.000. The van der Waals surface area contributed by atoms with Gasteiger partial charge in [-0.15, -0.1) is 0 Å². The fourth-order valence-corrected chi connectivity index (χ4v) is 15.2. The first kappa shape index (κ1) is 46.6. The summed E-state index contributed by atoms with van der Waals surface area (Å²) in [6.07, 6.45) is 14.2. The third-order valence-corrected chi connectivity index (χ3v) is 18.6. The van der Waals surface area contributed by atoms with Crippen LogP contribution in [0.3, 0.4) is 0 Å². The lowest BCUT2D eigenvalue weighted by molar-refractivity contribution is -0.152. The number of ether oxygens (including phenoxy) is 2. The van der Waals surface area contributed by atoms with Gasteiger partial charge >= 0.3 is 5.97 Å². The van der Waals surface area contributed by atoms with Crippen LogP contribution in [-0.4, -0.2) is 105 Å². The van der Waals surface area contributed by atoms with Crippen LogP contribution in [0.1, 0.15) is 141 Å². The van der Waals surface area contributed by atoms with Crippen molar-refractivity contribution in [1.29, 1.82) is 0 Å². The maximum Gasteiger partial charge on any atom is 0.302 e. The highest BCUT2D eigenvalue weighted by Crippen LogP contribution is 2.56. The Morgan fingerprint density at radius 1 is 1.05 bits per heavy atom. The summed E-state index contributed by atoms with van der Waals surface area (Å²) >= 11 is 0. The van der Waals surface area contributed by atoms with Gasteiger partial charge in [0.15, 0.2) is 17.5 Å². The lowest BCUT2D eigenvalue weighted by atomic mass is 9.66. The molecule has 1 aromatic carbocycles. The summed E-state index contributed by atoms with van der Waals surface area (Å²) < 4.78 is 12.8. The van der Waals surface area contributed by atoms with Crippen LogP contribution in [0.4, 0.5) is 0 Å². The van der Waals surface area contributed by atoms with Crippen LogP contribution >= 0.6 is 21.6 Å². The number of guanidine groups is 1. The number of nitrogens with one attached hydrogen (secondary N) is 3. The van der Waals surface area contributed by atoms with E-state index in [9.17, 15) is 25.2 Å². The fraction of sp³-hybridized carbons (Fsp3) is 0.787. The molecule has 3 aliphatic carbocycles. The van der Waals surface area contributed by atoms with Crippen molar-refractivity contribution in [3.8, 4) is 23.3 Å². The second kappa shape index (κ2) is 20.6. The topological polar surface area (TPSA) is 191 Å². The number of piperidine rings is 1. The standard InChI is InChI=1S/C47H73N5O7S2/c1-32(54)44-19-11-34-10-9-14-45(31-49-22-23-60-61-47(17-7-4-8-18-47)46(15-5-3-6-16-46)52-43(48)50-30-44)28-38(13-21-51-45)59-42-26-35(36(29-53)25-40(42)57)24-39(34)41(58-33(2)55)27-37(56)12-20-44/h25-26,32,34,37-39,41,49,51,53-54,56-57H,3-10,12-18,20-24,27-31H2,1-2H3,(H3,48,50,52). The molecule has 0 aromatic heterocycles. The van der Waals surface area contributed by atoms with E-state index in [4.69, 9.17) is 20.2 Å². The quantitative estimate of drug-likeness (QED) is 0.103. The number of carbonyl (C=O) groups excluding carboxylic acids is 1. The summed E-state index contributed by atoms with van der Waals surface area (Å²) in [6, 6.07) is 3.42. The Morgan fingerprint density at radius 3 is 2.56 bits per heavy atom. The number of hydrogen-bond acceptors (Lipinski definition) is 14. The van der Waals surface area contributed by atoms with Crippen molar-refractivity contribution in [3.05, 3.63) is 23.3 Å². The second-order valence-corrected chi connectivity index (χ2v) is 22.1. The van der Waals surface area contributed by atoms with Gasteiger partial charge in [-0.1, -0.05) is 78.4 Å². The number of fused-ring (bicyclic) bond motifs is 7. The smallest absolute Gasteiger partial charge is 0.302 e. The third kappa shape index (κ3) is 10.9. The lowest BCUT2D eigenvalue weighted by Gasteiger charge is -2.54. The normalized spacial score (nSPS) is 34.2. The molecular weight excluding hydrogens is 811 g/mol. The van der Waals surface area contributed by atoms with Gasteiger partial charge in [0, 0.05) is 60.7 Å². The number of esters is 1. The molecule has 14 heteroatoms. The number of nitrogens with two attached hydrogens (primary N) is 1. The van der Waals surface area contributed by atoms with Gasteiger partial charge in [0.1, 0.15) is 12.2 Å². The number of carbonyl (C=O) groups is 1. The first-order valence-corrected chi connectivity index (χ1v) is 25.7. The van der Waals surface area contributed by atoms with Gasteiger partial charge < -0.3 is 51.6 Å². The van der Waals surface area contributed by atoms with Crippen LogP contribution in [0.2, 0.25) is 0 Å². The number of aromatic hydroxyl groups is 1. The van der Waals surface area contributed by atoms with E-state index >= 15 is 0 Å². The highest BCUT2D eigenvalue weighted by Gasteiger charge is 2.53. The summed E-state index contributed by atoms with van der Waals surface area (Å²) in [5.41, 5.74) is 6.85. The van der Waals surface area contributed by atoms with Gasteiger partial charge in [-0.05, 0) is 101 Å². The third-order valence-electron chi connectivity index (χ3n) is 15.2. The van der Waals surface area contributed by atoms with Gasteiger partial charge in [0.05, 0.1) is 36.3 Å². The highest BCUT2D eigenvalue weighted by molar-refractivity contribution is 8.77. The molecule has 6 bridgehead atoms. The monoisotopic (exact) mass is 883 g/mol. The Labute approximate surface area is 371 Å². The molecule has 0 amide bonds. The lowest BCUT2D eigenvalue weighted by Crippen LogP contribution is -2.65. The number of hydrogen-bond donors (Lipinski definition) is 8. The van der Waals surface area contributed by atoms with E-state index in [0.29, 0.717) is 43.0 Å². The summed E-state index contributed by atoms with van der Waals surface area (Å²) in [6.45, 7) is 5.45. The Morgan fingerprint density at radius 2 is 1.82 bits per heavy atom. The van der Waals surface area contributed by atoms with Crippen LogP contribution in [-0.2, 0) is 22.6 Å². The summed E-state index contributed by atoms with van der Waals surface area (Å²) in [5, 5.41) is 57.1. The zero-order valence-corrected chi connectivity index (χ0v) is 38.3. The molecule has 2 saturated carbocycles. The predicted octanol–water partition coefficient (Wildman–Crippen LogP) is 5.85. The number of benzene rings is 1. The second-order valence-electron chi connectivity index (χ2n) is 19.3. The molecule has 12 nitrogen and oxygen atoms in total. The Hall–Kier alpha value is -2.38. The van der Waals surface area contributed by atoms with Gasteiger partial charge in [0.25, 0.3) is 0 Å². The Kier molecular flexibility index (Phi) is 15.8. The van der Waals surface area contributed by atoms with Crippen molar-refractivity contribution in [1.82, 2.24) is 16.0 Å². The average Bonchev–Trinajstić information content (AvgIpc) is 3.24. The molecule has 3 fully saturated rings. The number of phenols is 1. The van der Waals surface area contributed by atoms with E-state index < -0.39 is 29.7 Å². The maximum atomic E-state index is 12.8. The van der Waals surface area contributed by atoms with Crippen LogP contribution in [0.5, 0.6) is 11.5 Å². The van der Waals surface area contributed by atoms with Crippen LogP contribution in [0.25, 0.3) is 0 Å². The molecule has 0 radical (unpaired) electrons. The fourth-order valence-electron chi connectivity index (χ4n) is 11.6. The molecule has 8 unspecified atom stereocenters. The summed E-state index contributed by atoms with van der Waals surface area (Å²) in [4.78, 5) is 17.9. The number of aliphatic hydroxyl groups is 3. The first-order chi connectivity index (χ1) is 29.4. The molecular formula is C47H73N5O7S2. The molecule has 8 atom stereocenters. The molecule has 1 aromatic rings. The van der Waals surface area contributed by atoms with Gasteiger partial charge in [0.2, 0.25) is 0 Å².